The number of carbonyl (C=O) groups excluding carboxylic acids is 1. The molecule has 0 spiro atoms. The lowest BCUT2D eigenvalue weighted by molar-refractivity contribution is 0.0986. The van der Waals surface area contributed by atoms with Crippen LogP contribution in [0.2, 0.25) is 5.02 Å². The number of aromatic nitrogens is 3. The number of nitrogens with zero attached hydrogens (tertiary/aromatic N) is 4. The van der Waals surface area contributed by atoms with Crippen LogP contribution >= 0.6 is 22.9 Å². The van der Waals surface area contributed by atoms with Gasteiger partial charge in [0.2, 0.25) is 0 Å². The molecule has 0 N–H and O–H groups in total. The molecule has 0 atom stereocenters. The highest BCUT2D eigenvalue weighted by molar-refractivity contribution is 7.23. The predicted molar refractivity (Wildman–Crippen MR) is 126 cm³/mol. The number of hydrogen-bond acceptors (Lipinski definition) is 5. The van der Waals surface area contributed by atoms with Crippen molar-refractivity contribution in [1.82, 2.24) is 14.5 Å². The number of benzene rings is 2. The molecule has 0 aliphatic heterocycles. The fourth-order valence-corrected chi connectivity index (χ4v) is 4.87. The van der Waals surface area contributed by atoms with E-state index >= 15 is 0 Å². The smallest absolute Gasteiger partial charge is 0.260 e. The zero-order valence-electron chi connectivity index (χ0n) is 17.6. The van der Waals surface area contributed by atoms with Gasteiger partial charge in [0, 0.05) is 31.0 Å². The van der Waals surface area contributed by atoms with E-state index in [0.717, 1.165) is 28.8 Å². The van der Waals surface area contributed by atoms with Crippen molar-refractivity contribution in [3.8, 4) is 5.75 Å². The average Bonchev–Trinajstić information content (AvgIpc) is 3.41. The second kappa shape index (κ2) is 9.08. The Labute approximate surface area is 190 Å². The third-order valence-corrected chi connectivity index (χ3v) is 6.51. The number of ether oxygens (including phenoxy) is 1. The van der Waals surface area contributed by atoms with E-state index in [0.29, 0.717) is 33.5 Å². The van der Waals surface area contributed by atoms with Crippen molar-refractivity contribution in [1.29, 1.82) is 0 Å². The number of halogens is 1. The highest BCUT2D eigenvalue weighted by atomic mass is 35.5. The Morgan fingerprint density at radius 2 is 2.00 bits per heavy atom. The maximum Gasteiger partial charge on any atom is 0.260 e. The van der Waals surface area contributed by atoms with E-state index in [1.165, 1.54) is 11.3 Å². The average molecular weight is 455 g/mol. The van der Waals surface area contributed by atoms with E-state index < -0.39 is 0 Å². The summed E-state index contributed by atoms with van der Waals surface area (Å²) in [7, 11) is 1.60. The van der Waals surface area contributed by atoms with Crippen LogP contribution in [0, 0.1) is 13.8 Å². The molecule has 0 fully saturated rings. The monoisotopic (exact) mass is 454 g/mol. The van der Waals surface area contributed by atoms with Gasteiger partial charge in [-0.05, 0) is 44.5 Å². The molecule has 0 radical (unpaired) electrons. The van der Waals surface area contributed by atoms with Crippen molar-refractivity contribution in [3.63, 3.8) is 0 Å². The number of anilines is 1. The summed E-state index contributed by atoms with van der Waals surface area (Å²) < 4.78 is 8.26. The van der Waals surface area contributed by atoms with Crippen LogP contribution in [0.15, 0.2) is 49.1 Å². The Balaban J connectivity index is 1.71. The molecule has 0 bridgehead atoms. The molecule has 0 unspecified atom stereocenters. The summed E-state index contributed by atoms with van der Waals surface area (Å²) in [6.45, 7) is 5.26. The Morgan fingerprint density at radius 3 is 2.68 bits per heavy atom. The van der Waals surface area contributed by atoms with E-state index in [2.05, 4.69) is 11.1 Å². The van der Waals surface area contributed by atoms with Crippen LogP contribution in [0.5, 0.6) is 5.75 Å². The summed E-state index contributed by atoms with van der Waals surface area (Å²) in [5, 5.41) is 1.20. The van der Waals surface area contributed by atoms with E-state index in [-0.39, 0.29) is 5.91 Å². The molecule has 2 aromatic carbocycles. The molecule has 2 heterocycles. The number of hydrogen-bond donors (Lipinski definition) is 0. The van der Waals surface area contributed by atoms with Gasteiger partial charge in [0.1, 0.15) is 11.3 Å². The predicted octanol–water partition coefficient (Wildman–Crippen LogP) is 5.51. The minimum atomic E-state index is -0.0772. The van der Waals surface area contributed by atoms with Gasteiger partial charge >= 0.3 is 0 Å². The topological polar surface area (TPSA) is 60.2 Å². The van der Waals surface area contributed by atoms with Crippen molar-refractivity contribution < 1.29 is 9.53 Å². The number of amides is 1. The second-order valence-electron chi connectivity index (χ2n) is 7.41. The van der Waals surface area contributed by atoms with Crippen molar-refractivity contribution in [3.05, 3.63) is 70.8 Å². The first kappa shape index (κ1) is 21.3. The molecular formula is C23H23ClN4O2S. The van der Waals surface area contributed by atoms with E-state index in [1.54, 1.807) is 36.7 Å². The number of rotatable bonds is 7. The van der Waals surface area contributed by atoms with E-state index in [1.807, 2.05) is 36.7 Å². The van der Waals surface area contributed by atoms with Gasteiger partial charge in [-0.1, -0.05) is 40.1 Å². The summed E-state index contributed by atoms with van der Waals surface area (Å²) in [6, 6.07) is 9.48. The highest BCUT2D eigenvalue weighted by Gasteiger charge is 2.23. The number of imidazole rings is 1. The number of aryl methyl sites for hydroxylation is 3. The molecule has 0 saturated heterocycles. The van der Waals surface area contributed by atoms with Gasteiger partial charge in [0.25, 0.3) is 5.91 Å². The number of thiazole rings is 1. The fourth-order valence-electron chi connectivity index (χ4n) is 3.59. The van der Waals surface area contributed by atoms with Crippen molar-refractivity contribution >= 4 is 44.2 Å². The summed E-state index contributed by atoms with van der Waals surface area (Å²) in [5.74, 6) is 0.561. The van der Waals surface area contributed by atoms with Crippen LogP contribution in [0.1, 0.15) is 27.9 Å². The lowest BCUT2D eigenvalue weighted by Crippen LogP contribution is -2.32. The molecule has 1 amide bonds. The molecule has 6 nitrogen and oxygen atoms in total. The van der Waals surface area contributed by atoms with Crippen molar-refractivity contribution in [2.45, 2.75) is 26.8 Å². The Bertz CT molecular complexity index is 1200. The zero-order chi connectivity index (χ0) is 22.0. The van der Waals surface area contributed by atoms with Crippen molar-refractivity contribution in [2.24, 2.45) is 0 Å². The first-order valence-electron chi connectivity index (χ1n) is 9.95. The van der Waals surface area contributed by atoms with Gasteiger partial charge in [-0.25, -0.2) is 9.97 Å². The molecule has 0 aliphatic rings. The molecule has 2 aromatic heterocycles. The van der Waals surface area contributed by atoms with Gasteiger partial charge in [-0.2, -0.15) is 0 Å². The van der Waals surface area contributed by atoms with Gasteiger partial charge < -0.3 is 9.30 Å². The van der Waals surface area contributed by atoms with Crippen LogP contribution < -0.4 is 9.64 Å². The fraction of sp³-hybridized carbons (Fsp3) is 0.261. The molecule has 8 heteroatoms. The maximum absolute atomic E-state index is 13.6. The standard InChI is InChI=1S/C23H23ClN4O2S/c1-15-11-16(2)13-17(12-15)22(29)28(9-4-8-27-10-7-25-14-27)23-26-20-19(30-3)6-5-18(24)21(20)31-23/h5-7,10-14H,4,8-9H2,1-3H3. The first-order chi connectivity index (χ1) is 15.0. The molecule has 0 aliphatic carbocycles. The normalized spacial score (nSPS) is 11.1. The van der Waals surface area contributed by atoms with Gasteiger partial charge in [-0.15, -0.1) is 0 Å². The van der Waals surface area contributed by atoms with Crippen LogP contribution in [0.3, 0.4) is 0 Å². The summed E-state index contributed by atoms with van der Waals surface area (Å²) >= 11 is 7.82. The number of methoxy groups -OCH3 is 1. The third-order valence-electron chi connectivity index (χ3n) is 4.97. The summed E-state index contributed by atoms with van der Waals surface area (Å²) in [6.07, 6.45) is 6.20. The molecule has 4 rings (SSSR count). The molecule has 31 heavy (non-hydrogen) atoms. The van der Waals surface area contributed by atoms with Crippen LogP contribution in [0.4, 0.5) is 5.13 Å². The van der Waals surface area contributed by atoms with Gasteiger partial charge in [0.05, 0.1) is 23.2 Å². The second-order valence-corrected chi connectivity index (χ2v) is 8.80. The van der Waals surface area contributed by atoms with E-state index in [9.17, 15) is 4.79 Å². The largest absolute Gasteiger partial charge is 0.494 e. The Hall–Kier alpha value is -2.90. The summed E-state index contributed by atoms with van der Waals surface area (Å²) in [4.78, 5) is 24.1. The van der Waals surface area contributed by atoms with Crippen molar-refractivity contribution in [2.75, 3.05) is 18.6 Å². The number of fused-ring (bicyclic) bond motifs is 1. The molecule has 0 saturated carbocycles. The Kier molecular flexibility index (Phi) is 6.25. The Morgan fingerprint density at radius 1 is 1.23 bits per heavy atom. The lowest BCUT2D eigenvalue weighted by Gasteiger charge is -2.20. The van der Waals surface area contributed by atoms with Crippen LogP contribution in [0.25, 0.3) is 10.2 Å². The van der Waals surface area contributed by atoms with Crippen LogP contribution in [-0.2, 0) is 6.54 Å². The maximum atomic E-state index is 13.6. The molecular weight excluding hydrogens is 432 g/mol. The van der Waals surface area contributed by atoms with Gasteiger partial charge in [0.15, 0.2) is 5.13 Å². The lowest BCUT2D eigenvalue weighted by atomic mass is 10.1. The van der Waals surface area contributed by atoms with Gasteiger partial charge in [-0.3, -0.25) is 9.69 Å². The molecule has 4 aromatic rings. The third kappa shape index (κ3) is 4.57. The quantitative estimate of drug-likeness (QED) is 0.369. The van der Waals surface area contributed by atoms with E-state index in [4.69, 9.17) is 21.3 Å². The zero-order valence-corrected chi connectivity index (χ0v) is 19.2. The SMILES string of the molecule is COc1ccc(Cl)c2sc(N(CCCn3ccnc3)C(=O)c3cc(C)cc(C)c3)nc12. The molecule has 160 valence electrons. The minimum absolute atomic E-state index is 0.0772. The minimum Gasteiger partial charge on any atom is -0.494 e. The highest BCUT2D eigenvalue weighted by Crippen LogP contribution is 2.39. The first-order valence-corrected chi connectivity index (χ1v) is 11.1. The summed E-state index contributed by atoms with van der Waals surface area (Å²) in [5.41, 5.74) is 3.42. The number of carbonyl (C=O) groups is 1. The van der Waals surface area contributed by atoms with Crippen LogP contribution in [-0.4, -0.2) is 34.1 Å².